The van der Waals surface area contributed by atoms with Crippen LogP contribution in [0.25, 0.3) is 0 Å². The van der Waals surface area contributed by atoms with Crippen LogP contribution in [0, 0.1) is 0 Å². The van der Waals surface area contributed by atoms with Crippen LogP contribution in [-0.2, 0) is 11.3 Å². The van der Waals surface area contributed by atoms with Gasteiger partial charge in [-0.25, -0.2) is 4.79 Å². The average molecular weight is 278 g/mol. The molecule has 6 heteroatoms. The third-order valence-electron chi connectivity index (χ3n) is 2.38. The molecule has 2 rings (SSSR count). The molecule has 0 radical (unpaired) electrons. The van der Waals surface area contributed by atoms with Crippen LogP contribution in [0.1, 0.15) is 15.9 Å². The molecule has 1 aromatic carbocycles. The quantitative estimate of drug-likeness (QED) is 0.798. The van der Waals surface area contributed by atoms with E-state index in [1.807, 2.05) is 0 Å². The molecule has 0 spiro atoms. The van der Waals surface area contributed by atoms with Gasteiger partial charge in [0.15, 0.2) is 0 Å². The fraction of sp³-hybridized carbons (Fsp3) is 0.364. The van der Waals surface area contributed by atoms with E-state index in [-0.39, 0.29) is 12.4 Å². The van der Waals surface area contributed by atoms with E-state index in [1.165, 1.54) is 7.11 Å². The smallest absolute Gasteiger partial charge is 0.337 e. The van der Waals surface area contributed by atoms with Gasteiger partial charge in [0.25, 0.3) is 0 Å². The van der Waals surface area contributed by atoms with Crippen molar-refractivity contribution in [3.63, 3.8) is 0 Å². The number of benzene rings is 1. The first-order valence-corrected chi connectivity index (χ1v) is 5.34. The van der Waals surface area contributed by atoms with Gasteiger partial charge < -0.3 is 14.8 Å². The molecular formula is C11H13Cl2NO3. The molecule has 0 fully saturated rings. The van der Waals surface area contributed by atoms with Crippen LogP contribution in [0.3, 0.4) is 0 Å². The van der Waals surface area contributed by atoms with Gasteiger partial charge in [-0.15, -0.1) is 12.4 Å². The van der Waals surface area contributed by atoms with Gasteiger partial charge in [-0.3, -0.25) is 0 Å². The fourth-order valence-electron chi connectivity index (χ4n) is 1.63. The highest BCUT2D eigenvalue weighted by Gasteiger charge is 2.16. The van der Waals surface area contributed by atoms with Gasteiger partial charge in [0.1, 0.15) is 12.4 Å². The second-order valence-electron chi connectivity index (χ2n) is 3.46. The van der Waals surface area contributed by atoms with E-state index in [0.29, 0.717) is 29.5 Å². The molecule has 1 aromatic rings. The Kier molecular flexibility index (Phi) is 5.05. The van der Waals surface area contributed by atoms with Crippen LogP contribution in [0.15, 0.2) is 12.1 Å². The lowest BCUT2D eigenvalue weighted by atomic mass is 10.1. The van der Waals surface area contributed by atoms with E-state index in [2.05, 4.69) is 10.1 Å². The average Bonchev–Trinajstić information content (AvgIpc) is 2.53. The summed E-state index contributed by atoms with van der Waals surface area (Å²) < 4.78 is 10.2. The summed E-state index contributed by atoms with van der Waals surface area (Å²) in [5, 5.41) is 3.62. The summed E-state index contributed by atoms with van der Waals surface area (Å²) in [4.78, 5) is 11.4. The molecular weight excluding hydrogens is 265 g/mol. The summed E-state index contributed by atoms with van der Waals surface area (Å²) in [7, 11) is 1.34. The van der Waals surface area contributed by atoms with Crippen molar-refractivity contribution in [1.29, 1.82) is 0 Å². The molecule has 0 aromatic heterocycles. The predicted molar refractivity (Wildman–Crippen MR) is 67.2 cm³/mol. The van der Waals surface area contributed by atoms with Crippen molar-refractivity contribution in [2.45, 2.75) is 6.54 Å². The molecule has 94 valence electrons. The molecule has 0 amide bonds. The summed E-state index contributed by atoms with van der Waals surface area (Å²) in [6.45, 7) is 1.97. The predicted octanol–water partition coefficient (Wildman–Crippen LogP) is 2.03. The third kappa shape index (κ3) is 3.03. The number of rotatable bonds is 1. The second kappa shape index (κ2) is 6.10. The van der Waals surface area contributed by atoms with Crippen LogP contribution in [-0.4, -0.2) is 26.2 Å². The first-order valence-electron chi connectivity index (χ1n) is 4.96. The Balaban J connectivity index is 0.00000144. The minimum atomic E-state index is -0.394. The molecule has 17 heavy (non-hydrogen) atoms. The Hall–Kier alpha value is -0.970. The van der Waals surface area contributed by atoms with Gasteiger partial charge in [-0.2, -0.15) is 0 Å². The van der Waals surface area contributed by atoms with Crippen molar-refractivity contribution >= 4 is 30.0 Å². The van der Waals surface area contributed by atoms with Crippen LogP contribution in [0.5, 0.6) is 5.75 Å². The first-order chi connectivity index (χ1) is 7.72. The largest absolute Gasteiger partial charge is 0.490 e. The number of hydrogen-bond donors (Lipinski definition) is 1. The molecule has 1 N–H and O–H groups in total. The SMILES string of the molecule is COC(=O)c1cc(Cl)c2c(c1)CNCCO2.Cl. The fourth-order valence-corrected chi connectivity index (χ4v) is 1.92. The normalized spacial score (nSPS) is 13.8. The Morgan fingerprint density at radius 2 is 2.29 bits per heavy atom. The second-order valence-corrected chi connectivity index (χ2v) is 3.87. The summed E-state index contributed by atoms with van der Waals surface area (Å²) in [6.07, 6.45) is 0. The molecule has 0 saturated carbocycles. The Labute approximate surface area is 111 Å². The number of methoxy groups -OCH3 is 1. The molecule has 0 atom stereocenters. The molecule has 1 heterocycles. The zero-order valence-corrected chi connectivity index (χ0v) is 10.9. The van der Waals surface area contributed by atoms with Crippen molar-refractivity contribution in [3.05, 3.63) is 28.3 Å². The molecule has 0 saturated heterocycles. The minimum Gasteiger partial charge on any atom is -0.490 e. The maximum Gasteiger partial charge on any atom is 0.337 e. The maximum atomic E-state index is 11.4. The van der Waals surface area contributed by atoms with Gasteiger partial charge >= 0.3 is 5.97 Å². The zero-order chi connectivity index (χ0) is 11.5. The van der Waals surface area contributed by atoms with Crippen LogP contribution in [0.2, 0.25) is 5.02 Å². The molecule has 1 aliphatic heterocycles. The van der Waals surface area contributed by atoms with Crippen molar-refractivity contribution in [1.82, 2.24) is 5.32 Å². The van der Waals surface area contributed by atoms with E-state index in [0.717, 1.165) is 12.1 Å². The number of halogens is 2. The van der Waals surface area contributed by atoms with Crippen molar-refractivity contribution < 1.29 is 14.3 Å². The first kappa shape index (κ1) is 14.1. The summed E-state index contributed by atoms with van der Waals surface area (Å²) >= 11 is 6.06. The summed E-state index contributed by atoms with van der Waals surface area (Å²) in [6, 6.07) is 3.31. The highest BCUT2D eigenvalue weighted by Crippen LogP contribution is 2.31. The van der Waals surface area contributed by atoms with Gasteiger partial charge in [0.2, 0.25) is 0 Å². The number of nitrogens with one attached hydrogen (secondary N) is 1. The van der Waals surface area contributed by atoms with E-state index in [9.17, 15) is 4.79 Å². The number of hydrogen-bond acceptors (Lipinski definition) is 4. The van der Waals surface area contributed by atoms with E-state index in [4.69, 9.17) is 16.3 Å². The van der Waals surface area contributed by atoms with Gasteiger partial charge in [-0.1, -0.05) is 11.6 Å². The third-order valence-corrected chi connectivity index (χ3v) is 2.66. The van der Waals surface area contributed by atoms with E-state index in [1.54, 1.807) is 12.1 Å². The monoisotopic (exact) mass is 277 g/mol. The number of esters is 1. The van der Waals surface area contributed by atoms with Gasteiger partial charge in [0, 0.05) is 18.7 Å². The Morgan fingerprint density at radius 1 is 1.53 bits per heavy atom. The van der Waals surface area contributed by atoms with Crippen molar-refractivity contribution in [2.24, 2.45) is 0 Å². The number of fused-ring (bicyclic) bond motifs is 1. The van der Waals surface area contributed by atoms with E-state index >= 15 is 0 Å². The molecule has 0 aliphatic carbocycles. The zero-order valence-electron chi connectivity index (χ0n) is 9.29. The van der Waals surface area contributed by atoms with Crippen molar-refractivity contribution in [3.8, 4) is 5.75 Å². The molecule has 1 aliphatic rings. The lowest BCUT2D eigenvalue weighted by Gasteiger charge is -2.10. The standard InChI is InChI=1S/C11H12ClNO3.ClH/c1-15-11(14)7-4-8-6-13-2-3-16-10(8)9(12)5-7;/h4-5,13H,2-3,6H2,1H3;1H. The highest BCUT2D eigenvalue weighted by molar-refractivity contribution is 6.32. The topological polar surface area (TPSA) is 47.6 Å². The van der Waals surface area contributed by atoms with Gasteiger partial charge in [-0.05, 0) is 12.1 Å². The number of ether oxygens (including phenoxy) is 2. The summed E-state index contributed by atoms with van der Waals surface area (Å²) in [5.74, 6) is 0.258. The summed E-state index contributed by atoms with van der Waals surface area (Å²) in [5.41, 5.74) is 1.32. The molecule has 4 nitrogen and oxygen atoms in total. The van der Waals surface area contributed by atoms with Crippen LogP contribution in [0.4, 0.5) is 0 Å². The highest BCUT2D eigenvalue weighted by atomic mass is 35.5. The number of carbonyl (C=O) groups is 1. The lowest BCUT2D eigenvalue weighted by molar-refractivity contribution is 0.0600. The minimum absolute atomic E-state index is 0. The molecule has 0 unspecified atom stereocenters. The maximum absolute atomic E-state index is 11.4. The van der Waals surface area contributed by atoms with E-state index < -0.39 is 5.97 Å². The number of carbonyl (C=O) groups excluding carboxylic acids is 1. The Morgan fingerprint density at radius 3 is 3.00 bits per heavy atom. The van der Waals surface area contributed by atoms with Crippen molar-refractivity contribution in [2.75, 3.05) is 20.3 Å². The van der Waals surface area contributed by atoms with Crippen LogP contribution >= 0.6 is 24.0 Å². The lowest BCUT2D eigenvalue weighted by Crippen LogP contribution is -2.16. The Bertz CT molecular complexity index is 423. The van der Waals surface area contributed by atoms with Gasteiger partial charge in [0.05, 0.1) is 17.7 Å². The molecule has 0 bridgehead atoms. The van der Waals surface area contributed by atoms with Crippen LogP contribution < -0.4 is 10.1 Å².